The van der Waals surface area contributed by atoms with Crippen molar-refractivity contribution in [2.45, 2.75) is 22.0 Å². The van der Waals surface area contributed by atoms with Crippen LogP contribution in [0, 0.1) is 0 Å². The van der Waals surface area contributed by atoms with E-state index in [2.05, 4.69) is 45.5 Å². The number of hydrogen-bond acceptors (Lipinski definition) is 4. The fourth-order valence-corrected chi connectivity index (χ4v) is 4.27. The molecule has 0 aliphatic heterocycles. The maximum absolute atomic E-state index is 12.4. The van der Waals surface area contributed by atoms with Gasteiger partial charge in [0.25, 0.3) is 5.91 Å². The van der Waals surface area contributed by atoms with Gasteiger partial charge in [-0.05, 0) is 66.8 Å². The number of rotatable bonds is 8. The third-order valence-electron chi connectivity index (χ3n) is 4.09. The van der Waals surface area contributed by atoms with Crippen molar-refractivity contribution in [2.24, 2.45) is 0 Å². The summed E-state index contributed by atoms with van der Waals surface area (Å²) >= 11 is 5.06. The minimum Gasteiger partial charge on any atom is -0.455 e. The van der Waals surface area contributed by atoms with E-state index in [4.69, 9.17) is 4.42 Å². The van der Waals surface area contributed by atoms with E-state index >= 15 is 0 Å². The van der Waals surface area contributed by atoms with Gasteiger partial charge in [-0.2, -0.15) is 0 Å². The van der Waals surface area contributed by atoms with Gasteiger partial charge in [0.15, 0.2) is 5.76 Å². The molecule has 4 nitrogen and oxygen atoms in total. The standard InChI is InChI=1S/C21H20BrNO3S2/c1-27-18-7-2-15(3-8-18)12-13-23-21(24)20-11-6-17(26-20)14-28(25)19-9-4-16(22)5-10-19/h2-11H,12-14H2,1H3,(H,23,24). The van der Waals surface area contributed by atoms with E-state index < -0.39 is 10.8 Å². The molecule has 28 heavy (non-hydrogen) atoms. The molecule has 1 heterocycles. The predicted octanol–water partition coefficient (Wildman–Crippen LogP) is 5.04. The van der Waals surface area contributed by atoms with Gasteiger partial charge in [0.2, 0.25) is 0 Å². The average molecular weight is 478 g/mol. The normalized spacial score (nSPS) is 11.9. The van der Waals surface area contributed by atoms with E-state index in [1.165, 1.54) is 10.5 Å². The molecule has 146 valence electrons. The minimum atomic E-state index is -1.22. The van der Waals surface area contributed by atoms with Crippen LogP contribution in [0.2, 0.25) is 0 Å². The monoisotopic (exact) mass is 477 g/mol. The number of hydrogen-bond donors (Lipinski definition) is 1. The van der Waals surface area contributed by atoms with Crippen molar-refractivity contribution in [3.05, 3.63) is 82.2 Å². The summed E-state index contributed by atoms with van der Waals surface area (Å²) in [5, 5.41) is 2.86. The van der Waals surface area contributed by atoms with E-state index in [0.29, 0.717) is 12.3 Å². The van der Waals surface area contributed by atoms with E-state index in [1.807, 2.05) is 30.5 Å². The minimum absolute atomic E-state index is 0.233. The van der Waals surface area contributed by atoms with Crippen molar-refractivity contribution in [1.29, 1.82) is 0 Å². The molecule has 3 aromatic rings. The topological polar surface area (TPSA) is 59.3 Å². The van der Waals surface area contributed by atoms with Crippen LogP contribution in [-0.4, -0.2) is 22.9 Å². The van der Waals surface area contributed by atoms with Gasteiger partial charge in [-0.1, -0.05) is 28.1 Å². The first kappa shape index (κ1) is 20.9. The van der Waals surface area contributed by atoms with E-state index in [9.17, 15) is 9.00 Å². The number of thioether (sulfide) groups is 1. The maximum Gasteiger partial charge on any atom is 0.287 e. The van der Waals surface area contributed by atoms with E-state index in [0.717, 1.165) is 15.8 Å². The summed E-state index contributed by atoms with van der Waals surface area (Å²) in [4.78, 5) is 14.2. The molecular weight excluding hydrogens is 458 g/mol. The Morgan fingerprint density at radius 3 is 2.46 bits per heavy atom. The fourth-order valence-electron chi connectivity index (χ4n) is 2.58. The zero-order chi connectivity index (χ0) is 19.9. The van der Waals surface area contributed by atoms with Crippen molar-refractivity contribution in [1.82, 2.24) is 5.32 Å². The Labute approximate surface area is 179 Å². The molecule has 0 saturated carbocycles. The molecule has 1 atom stereocenters. The molecule has 2 aromatic carbocycles. The second-order valence-corrected chi connectivity index (χ2v) is 9.31. The Kier molecular flexibility index (Phi) is 7.53. The van der Waals surface area contributed by atoms with Crippen LogP contribution in [0.5, 0.6) is 0 Å². The number of amides is 1. The molecule has 0 radical (unpaired) electrons. The lowest BCUT2D eigenvalue weighted by Crippen LogP contribution is -2.25. The molecule has 7 heteroatoms. The Hall–Kier alpha value is -1.83. The van der Waals surface area contributed by atoms with Gasteiger partial charge < -0.3 is 9.73 Å². The van der Waals surface area contributed by atoms with Crippen molar-refractivity contribution >= 4 is 44.4 Å². The zero-order valence-corrected chi connectivity index (χ0v) is 18.5. The molecular formula is C21H20BrNO3S2. The largest absolute Gasteiger partial charge is 0.455 e. The Morgan fingerprint density at radius 1 is 1.07 bits per heavy atom. The summed E-state index contributed by atoms with van der Waals surface area (Å²) in [7, 11) is -1.22. The van der Waals surface area contributed by atoms with Gasteiger partial charge in [-0.15, -0.1) is 11.8 Å². The van der Waals surface area contributed by atoms with Gasteiger partial charge >= 0.3 is 0 Å². The zero-order valence-electron chi connectivity index (χ0n) is 15.3. The van der Waals surface area contributed by atoms with E-state index in [-0.39, 0.29) is 17.4 Å². The molecule has 1 aromatic heterocycles. The third-order valence-corrected chi connectivity index (χ3v) is 6.71. The highest BCUT2D eigenvalue weighted by molar-refractivity contribution is 9.10. The van der Waals surface area contributed by atoms with Crippen LogP contribution >= 0.6 is 27.7 Å². The molecule has 1 amide bonds. The summed E-state index contributed by atoms with van der Waals surface area (Å²) in [5.74, 6) is 0.734. The molecule has 3 rings (SSSR count). The Bertz CT molecular complexity index is 953. The summed E-state index contributed by atoms with van der Waals surface area (Å²) < 4.78 is 18.9. The Morgan fingerprint density at radius 2 is 1.79 bits per heavy atom. The van der Waals surface area contributed by atoms with Crippen LogP contribution in [0.25, 0.3) is 0 Å². The molecule has 0 spiro atoms. The lowest BCUT2D eigenvalue weighted by molar-refractivity contribution is 0.0925. The number of nitrogens with one attached hydrogen (secondary N) is 1. The quantitative estimate of drug-likeness (QED) is 0.461. The number of carbonyl (C=O) groups is 1. The van der Waals surface area contributed by atoms with Crippen molar-refractivity contribution in [2.75, 3.05) is 12.8 Å². The lowest BCUT2D eigenvalue weighted by Gasteiger charge is -2.05. The first-order valence-corrected chi connectivity index (χ1v) is 12.0. The summed E-state index contributed by atoms with van der Waals surface area (Å²) in [6.07, 6.45) is 2.79. The van der Waals surface area contributed by atoms with Gasteiger partial charge in [-0.25, -0.2) is 0 Å². The molecule has 0 fully saturated rings. The van der Waals surface area contributed by atoms with Crippen LogP contribution in [0.3, 0.4) is 0 Å². The highest BCUT2D eigenvalue weighted by Gasteiger charge is 2.13. The van der Waals surface area contributed by atoms with Gasteiger partial charge in [0.1, 0.15) is 5.76 Å². The molecule has 0 aliphatic carbocycles. The van der Waals surface area contributed by atoms with Gasteiger partial charge in [-0.3, -0.25) is 9.00 Å². The van der Waals surface area contributed by atoms with Crippen molar-refractivity contribution in [3.63, 3.8) is 0 Å². The predicted molar refractivity (Wildman–Crippen MR) is 117 cm³/mol. The fraction of sp³-hybridized carbons (Fsp3) is 0.190. The average Bonchev–Trinajstić information content (AvgIpc) is 3.17. The second-order valence-electron chi connectivity index (χ2n) is 6.06. The Balaban J connectivity index is 1.50. The highest BCUT2D eigenvalue weighted by atomic mass is 79.9. The number of halogens is 1. The SMILES string of the molecule is CSc1ccc(CCNC(=O)c2ccc(CS(=O)c3ccc(Br)cc3)o2)cc1. The first-order chi connectivity index (χ1) is 13.5. The second kappa shape index (κ2) is 10.1. The molecule has 1 unspecified atom stereocenters. The third kappa shape index (κ3) is 5.83. The molecule has 0 saturated heterocycles. The number of furan rings is 1. The van der Waals surface area contributed by atoms with Gasteiger partial charge in [0.05, 0.1) is 16.6 Å². The molecule has 0 bridgehead atoms. The van der Waals surface area contributed by atoms with Crippen molar-refractivity contribution in [3.8, 4) is 0 Å². The maximum atomic E-state index is 12.4. The van der Waals surface area contributed by atoms with Crippen molar-refractivity contribution < 1.29 is 13.4 Å². The van der Waals surface area contributed by atoms with Gasteiger partial charge in [0, 0.05) is 20.8 Å². The van der Waals surface area contributed by atoms with Crippen LogP contribution in [-0.2, 0) is 23.0 Å². The van der Waals surface area contributed by atoms with E-state index in [1.54, 1.807) is 23.9 Å². The summed E-state index contributed by atoms with van der Waals surface area (Å²) in [5.41, 5.74) is 1.17. The molecule has 1 N–H and O–H groups in total. The summed E-state index contributed by atoms with van der Waals surface area (Å²) in [6.45, 7) is 0.526. The number of carbonyl (C=O) groups excluding carboxylic acids is 1. The van der Waals surface area contributed by atoms with Crippen LogP contribution in [0.15, 0.2) is 79.3 Å². The first-order valence-electron chi connectivity index (χ1n) is 8.69. The van der Waals surface area contributed by atoms with Crippen LogP contribution in [0.1, 0.15) is 21.9 Å². The summed E-state index contributed by atoms with van der Waals surface area (Å²) in [6, 6.07) is 18.9. The van der Waals surface area contributed by atoms with Crippen LogP contribution in [0.4, 0.5) is 0 Å². The smallest absolute Gasteiger partial charge is 0.287 e. The highest BCUT2D eigenvalue weighted by Crippen LogP contribution is 2.18. The number of benzene rings is 2. The lowest BCUT2D eigenvalue weighted by atomic mass is 10.1. The molecule has 0 aliphatic rings. The van der Waals surface area contributed by atoms with Crippen LogP contribution < -0.4 is 5.32 Å².